The Hall–Kier alpha value is -2.19. The van der Waals surface area contributed by atoms with Gasteiger partial charge in [-0.15, -0.1) is 0 Å². The van der Waals surface area contributed by atoms with Crippen molar-refractivity contribution in [2.75, 3.05) is 44.6 Å². The molecule has 0 aromatic carbocycles. The number of hydrogen-bond donors (Lipinski definition) is 2. The predicted octanol–water partition coefficient (Wildman–Crippen LogP) is 0.798. The van der Waals surface area contributed by atoms with Crippen LogP contribution in [0.5, 0.6) is 0 Å². The molecular formula is C19H28N6O2. The minimum Gasteiger partial charge on any atom is -0.395 e. The molecule has 8 nitrogen and oxygen atoms in total. The van der Waals surface area contributed by atoms with Crippen LogP contribution in [-0.2, 0) is 0 Å². The lowest BCUT2D eigenvalue weighted by atomic mass is 9.91. The second kappa shape index (κ2) is 7.82. The largest absolute Gasteiger partial charge is 0.395 e. The number of anilines is 1. The van der Waals surface area contributed by atoms with E-state index in [2.05, 4.69) is 32.3 Å². The van der Waals surface area contributed by atoms with E-state index in [4.69, 9.17) is 10.1 Å². The van der Waals surface area contributed by atoms with Gasteiger partial charge in [0.15, 0.2) is 0 Å². The number of aromatic nitrogens is 2. The Labute approximate surface area is 159 Å². The zero-order valence-corrected chi connectivity index (χ0v) is 15.8. The summed E-state index contributed by atoms with van der Waals surface area (Å²) in [5.41, 5.74) is 0.676. The van der Waals surface area contributed by atoms with Crippen LogP contribution in [0.25, 0.3) is 0 Å². The smallest absolute Gasteiger partial charge is 0.256 e. The lowest BCUT2D eigenvalue weighted by Crippen LogP contribution is -2.53. The van der Waals surface area contributed by atoms with E-state index in [1.807, 2.05) is 6.92 Å². The van der Waals surface area contributed by atoms with Gasteiger partial charge < -0.3 is 10.0 Å². The van der Waals surface area contributed by atoms with E-state index in [0.29, 0.717) is 18.4 Å². The van der Waals surface area contributed by atoms with Gasteiger partial charge in [0.1, 0.15) is 6.17 Å². The van der Waals surface area contributed by atoms with E-state index in [0.717, 1.165) is 57.1 Å². The van der Waals surface area contributed by atoms with Crippen LogP contribution in [-0.4, -0.2) is 69.7 Å². The summed E-state index contributed by atoms with van der Waals surface area (Å²) < 4.78 is 1.72. The van der Waals surface area contributed by atoms with Crippen molar-refractivity contribution in [2.45, 2.75) is 32.4 Å². The molecule has 27 heavy (non-hydrogen) atoms. The van der Waals surface area contributed by atoms with Crippen LogP contribution in [0.4, 0.5) is 5.95 Å². The van der Waals surface area contributed by atoms with Gasteiger partial charge in [0.2, 0.25) is 11.9 Å². The summed E-state index contributed by atoms with van der Waals surface area (Å²) in [4.78, 5) is 26.8. The molecular weight excluding hydrogens is 344 g/mol. The molecule has 3 heterocycles. The maximum absolute atomic E-state index is 12.7. The maximum Gasteiger partial charge on any atom is 0.256 e. The number of allylic oxidation sites excluding steroid dienone is 2. The zero-order chi connectivity index (χ0) is 18.8. The summed E-state index contributed by atoms with van der Waals surface area (Å²) in [6.07, 6.45) is 7.19. The number of β-amino-alcohol motifs (C(OH)–C–C–N with tert-alkyl or cyclic N) is 1. The zero-order valence-electron chi connectivity index (χ0n) is 15.8. The van der Waals surface area contributed by atoms with Crippen molar-refractivity contribution in [1.29, 1.82) is 0 Å². The third kappa shape index (κ3) is 3.77. The number of aliphatic imine (C=N–C) groups is 1. The number of nitrogens with one attached hydrogen (secondary N) is 1. The number of aliphatic hydroxyl groups is 1. The fourth-order valence-corrected chi connectivity index (χ4v) is 4.15. The van der Waals surface area contributed by atoms with E-state index < -0.39 is 0 Å². The number of guanidine groups is 1. The molecule has 1 aliphatic carbocycles. The standard InChI is InChI=1S/C19H28N6O2/c1-14-13-16(27)25-17(15-5-3-2-4-6-15)21-18(22-19(25)20-14)24-9-7-23(8-10-24)11-12-26/h2-3,13,15,17,26H,4-12H2,1H3,(H,20,21,22). The number of rotatable bonds is 3. The molecule has 0 saturated carbocycles. The fraction of sp³-hybridized carbons (Fsp3) is 0.632. The summed E-state index contributed by atoms with van der Waals surface area (Å²) >= 11 is 0. The predicted molar refractivity (Wildman–Crippen MR) is 105 cm³/mol. The van der Waals surface area contributed by atoms with Crippen LogP contribution in [0.1, 0.15) is 31.1 Å². The van der Waals surface area contributed by atoms with Crippen molar-refractivity contribution >= 4 is 11.9 Å². The summed E-state index contributed by atoms with van der Waals surface area (Å²) in [5, 5.41) is 12.4. The molecule has 4 rings (SSSR count). The number of aryl methyl sites for hydroxylation is 1. The number of aliphatic hydroxyl groups excluding tert-OH is 1. The van der Waals surface area contributed by atoms with Crippen LogP contribution in [0, 0.1) is 12.8 Å². The van der Waals surface area contributed by atoms with Gasteiger partial charge >= 0.3 is 0 Å². The first-order valence-corrected chi connectivity index (χ1v) is 9.84. The van der Waals surface area contributed by atoms with Gasteiger partial charge in [-0.25, -0.2) is 9.98 Å². The second-order valence-electron chi connectivity index (χ2n) is 7.52. The molecule has 1 aromatic heterocycles. The fourth-order valence-electron chi connectivity index (χ4n) is 4.15. The molecule has 3 aliphatic rings. The van der Waals surface area contributed by atoms with Gasteiger partial charge in [-0.05, 0) is 26.2 Å². The van der Waals surface area contributed by atoms with Crippen molar-refractivity contribution in [3.05, 3.63) is 34.3 Å². The van der Waals surface area contributed by atoms with Crippen molar-refractivity contribution in [3.8, 4) is 0 Å². The molecule has 0 spiro atoms. The van der Waals surface area contributed by atoms with Crippen LogP contribution >= 0.6 is 0 Å². The van der Waals surface area contributed by atoms with Crippen molar-refractivity contribution < 1.29 is 5.11 Å². The number of hydrogen-bond acceptors (Lipinski definition) is 7. The monoisotopic (exact) mass is 372 g/mol. The first kappa shape index (κ1) is 18.2. The summed E-state index contributed by atoms with van der Waals surface area (Å²) in [6.45, 7) is 6.23. The normalized spacial score (nSPS) is 25.7. The topological polar surface area (TPSA) is 86.0 Å². The molecule has 1 saturated heterocycles. The molecule has 2 atom stereocenters. The van der Waals surface area contributed by atoms with E-state index >= 15 is 0 Å². The summed E-state index contributed by atoms with van der Waals surface area (Å²) in [5.74, 6) is 1.72. The molecule has 1 fully saturated rings. The highest BCUT2D eigenvalue weighted by molar-refractivity contribution is 5.93. The molecule has 0 amide bonds. The summed E-state index contributed by atoms with van der Waals surface area (Å²) in [6, 6.07) is 1.59. The Morgan fingerprint density at radius 2 is 2.07 bits per heavy atom. The van der Waals surface area contributed by atoms with Gasteiger partial charge in [-0.1, -0.05) is 12.2 Å². The highest BCUT2D eigenvalue weighted by atomic mass is 16.3. The third-order valence-corrected chi connectivity index (χ3v) is 5.64. The van der Waals surface area contributed by atoms with Crippen LogP contribution in [0.15, 0.2) is 28.0 Å². The van der Waals surface area contributed by atoms with Crippen molar-refractivity contribution in [1.82, 2.24) is 19.4 Å². The van der Waals surface area contributed by atoms with E-state index in [1.165, 1.54) is 0 Å². The Bertz CT molecular complexity index is 794. The second-order valence-corrected chi connectivity index (χ2v) is 7.52. The minimum atomic E-state index is -0.211. The Morgan fingerprint density at radius 3 is 2.78 bits per heavy atom. The van der Waals surface area contributed by atoms with Crippen molar-refractivity contribution in [3.63, 3.8) is 0 Å². The van der Waals surface area contributed by atoms with Crippen LogP contribution in [0.2, 0.25) is 0 Å². The highest BCUT2D eigenvalue weighted by Crippen LogP contribution is 2.33. The van der Waals surface area contributed by atoms with Crippen molar-refractivity contribution in [2.24, 2.45) is 10.9 Å². The third-order valence-electron chi connectivity index (χ3n) is 5.64. The van der Waals surface area contributed by atoms with Gasteiger partial charge in [0.05, 0.1) is 6.61 Å². The molecule has 2 N–H and O–H groups in total. The van der Waals surface area contributed by atoms with Gasteiger partial charge in [0, 0.05) is 50.4 Å². The molecule has 0 bridgehead atoms. The first-order valence-electron chi connectivity index (χ1n) is 9.84. The Kier molecular flexibility index (Phi) is 5.27. The van der Waals surface area contributed by atoms with E-state index in [9.17, 15) is 4.79 Å². The van der Waals surface area contributed by atoms with Crippen LogP contribution in [0.3, 0.4) is 0 Å². The Morgan fingerprint density at radius 1 is 1.26 bits per heavy atom. The van der Waals surface area contributed by atoms with Crippen LogP contribution < -0.4 is 10.9 Å². The quantitative estimate of drug-likeness (QED) is 0.764. The SMILES string of the molecule is Cc1cc(=O)n2c(n1)NC(N1CCN(CCO)CC1)=NC2C1CC=CCC1. The molecule has 8 heteroatoms. The number of piperazine rings is 1. The molecule has 0 radical (unpaired) electrons. The summed E-state index contributed by atoms with van der Waals surface area (Å²) in [7, 11) is 0. The lowest BCUT2D eigenvalue weighted by Gasteiger charge is -2.39. The number of nitrogens with zero attached hydrogens (tertiary/aromatic N) is 5. The first-order chi connectivity index (χ1) is 13.2. The minimum absolute atomic E-state index is 0.0416. The average molecular weight is 372 g/mol. The molecule has 1 aromatic rings. The molecule has 2 aliphatic heterocycles. The van der Waals surface area contributed by atoms with E-state index in [-0.39, 0.29) is 18.3 Å². The molecule has 2 unspecified atom stereocenters. The lowest BCUT2D eigenvalue weighted by molar-refractivity contribution is 0.146. The van der Waals surface area contributed by atoms with Gasteiger partial charge in [0.25, 0.3) is 5.56 Å². The Balaban J connectivity index is 1.62. The average Bonchev–Trinajstić information content (AvgIpc) is 2.68. The van der Waals surface area contributed by atoms with Gasteiger partial charge in [-0.2, -0.15) is 0 Å². The maximum atomic E-state index is 12.7. The van der Waals surface area contributed by atoms with Gasteiger partial charge in [-0.3, -0.25) is 19.6 Å². The molecule has 146 valence electrons. The highest BCUT2D eigenvalue weighted by Gasteiger charge is 2.32. The van der Waals surface area contributed by atoms with E-state index in [1.54, 1.807) is 10.6 Å². The number of fused-ring (bicyclic) bond motifs is 1.